The van der Waals surface area contributed by atoms with Gasteiger partial charge in [0.1, 0.15) is 16.6 Å². The van der Waals surface area contributed by atoms with E-state index in [1.54, 1.807) is 0 Å². The van der Waals surface area contributed by atoms with Gasteiger partial charge in [-0.05, 0) is 6.42 Å². The van der Waals surface area contributed by atoms with Crippen molar-refractivity contribution in [2.75, 3.05) is 24.2 Å². The van der Waals surface area contributed by atoms with E-state index in [0.29, 0.717) is 16.1 Å². The maximum absolute atomic E-state index is 12.1. The fraction of sp³-hybridized carbons (Fsp3) is 0.571. The van der Waals surface area contributed by atoms with Gasteiger partial charge >= 0.3 is 0 Å². The largest absolute Gasteiger partial charge is 0.396 e. The van der Waals surface area contributed by atoms with Crippen LogP contribution in [0.25, 0.3) is 0 Å². The molecule has 2 N–H and O–H groups in total. The van der Waals surface area contributed by atoms with E-state index < -0.39 is 0 Å². The lowest BCUT2D eigenvalue weighted by Crippen LogP contribution is -2.18. The average molecular weight is 279 g/mol. The Morgan fingerprint density at radius 2 is 2.16 bits per heavy atom. The molecule has 1 aromatic heterocycles. The molecule has 0 amide bonds. The van der Waals surface area contributed by atoms with Gasteiger partial charge in [0.2, 0.25) is 0 Å². The highest BCUT2D eigenvalue weighted by Crippen LogP contribution is 2.38. The van der Waals surface area contributed by atoms with Crippen LogP contribution < -0.4 is 10.6 Å². The lowest BCUT2D eigenvalue weighted by molar-refractivity contribution is 0.0944. The SMILES string of the molecule is CCCCN(C)c1sc(C(=O)C(C)C)c(N)c1C#N. The normalized spacial score (nSPS) is 10.5. The number of anilines is 2. The van der Waals surface area contributed by atoms with Gasteiger partial charge in [0.25, 0.3) is 0 Å². The lowest BCUT2D eigenvalue weighted by atomic mass is 10.1. The molecule has 0 bridgehead atoms. The first kappa shape index (κ1) is 15.5. The number of hydrogen-bond acceptors (Lipinski definition) is 5. The van der Waals surface area contributed by atoms with E-state index in [9.17, 15) is 10.1 Å². The number of nitrogens with zero attached hydrogens (tertiary/aromatic N) is 2. The van der Waals surface area contributed by atoms with Crippen LogP contribution in [0, 0.1) is 17.2 Å². The van der Waals surface area contributed by atoms with E-state index >= 15 is 0 Å². The summed E-state index contributed by atoms with van der Waals surface area (Å²) in [5.41, 5.74) is 6.74. The Kier molecular flexibility index (Phi) is 5.37. The topological polar surface area (TPSA) is 70.1 Å². The second-order valence-corrected chi connectivity index (χ2v) is 5.93. The zero-order valence-electron chi connectivity index (χ0n) is 12.0. The number of carbonyl (C=O) groups excluding carboxylic acids is 1. The minimum absolute atomic E-state index is 0.00846. The van der Waals surface area contributed by atoms with Gasteiger partial charge < -0.3 is 10.6 Å². The van der Waals surface area contributed by atoms with E-state index in [-0.39, 0.29) is 11.7 Å². The lowest BCUT2D eigenvalue weighted by Gasteiger charge is -2.16. The summed E-state index contributed by atoms with van der Waals surface area (Å²) in [6.45, 7) is 6.66. The summed E-state index contributed by atoms with van der Waals surface area (Å²) in [5.74, 6) is -0.101. The van der Waals surface area contributed by atoms with Gasteiger partial charge in [0.15, 0.2) is 5.78 Å². The van der Waals surface area contributed by atoms with Crippen molar-refractivity contribution >= 4 is 27.8 Å². The summed E-state index contributed by atoms with van der Waals surface area (Å²) < 4.78 is 0. The molecule has 0 aliphatic rings. The molecule has 1 rings (SSSR count). The second kappa shape index (κ2) is 6.58. The third-order valence-electron chi connectivity index (χ3n) is 2.98. The van der Waals surface area contributed by atoms with E-state index in [1.165, 1.54) is 11.3 Å². The summed E-state index contributed by atoms with van der Waals surface area (Å²) in [6, 6.07) is 2.13. The Balaban J connectivity index is 3.16. The quantitative estimate of drug-likeness (QED) is 0.811. The molecule has 4 nitrogen and oxygen atoms in total. The first-order chi connectivity index (χ1) is 8.93. The first-order valence-electron chi connectivity index (χ1n) is 6.51. The van der Waals surface area contributed by atoms with Crippen LogP contribution >= 0.6 is 11.3 Å². The smallest absolute Gasteiger partial charge is 0.177 e. The third-order valence-corrected chi connectivity index (χ3v) is 4.31. The molecule has 0 saturated carbocycles. The van der Waals surface area contributed by atoms with Crippen LogP contribution in [0.4, 0.5) is 10.7 Å². The highest BCUT2D eigenvalue weighted by Gasteiger charge is 2.24. The molecule has 0 aromatic carbocycles. The highest BCUT2D eigenvalue weighted by molar-refractivity contribution is 7.19. The van der Waals surface area contributed by atoms with Gasteiger partial charge in [-0.15, -0.1) is 11.3 Å². The number of ketones is 1. The van der Waals surface area contributed by atoms with Gasteiger partial charge in [0.05, 0.1) is 10.6 Å². The van der Waals surface area contributed by atoms with Crippen LogP contribution in [0.5, 0.6) is 0 Å². The standard InChI is InChI=1S/C14H21N3OS/c1-5-6-7-17(4)14-10(8-15)11(16)13(19-14)12(18)9(2)3/h9H,5-7,16H2,1-4H3. The predicted octanol–water partition coefficient (Wildman–Crippen LogP) is 3.28. The van der Waals surface area contributed by atoms with E-state index in [2.05, 4.69) is 13.0 Å². The van der Waals surface area contributed by atoms with E-state index in [4.69, 9.17) is 5.73 Å². The Morgan fingerprint density at radius 1 is 1.53 bits per heavy atom. The van der Waals surface area contributed by atoms with Crippen LogP contribution in [0.2, 0.25) is 0 Å². The molecular weight excluding hydrogens is 258 g/mol. The summed E-state index contributed by atoms with van der Waals surface area (Å²) in [4.78, 5) is 14.6. The third kappa shape index (κ3) is 3.27. The predicted molar refractivity (Wildman–Crippen MR) is 80.8 cm³/mol. The van der Waals surface area contributed by atoms with Gasteiger partial charge in [-0.1, -0.05) is 27.2 Å². The van der Waals surface area contributed by atoms with Crippen molar-refractivity contribution in [1.29, 1.82) is 5.26 Å². The number of thiophene rings is 1. The number of nitrogens with two attached hydrogens (primary N) is 1. The van der Waals surface area contributed by atoms with Crippen molar-refractivity contribution in [2.24, 2.45) is 5.92 Å². The molecule has 0 unspecified atom stereocenters. The maximum atomic E-state index is 12.1. The molecule has 0 aliphatic heterocycles. The maximum Gasteiger partial charge on any atom is 0.177 e. The highest BCUT2D eigenvalue weighted by atomic mass is 32.1. The minimum Gasteiger partial charge on any atom is -0.396 e. The second-order valence-electron chi connectivity index (χ2n) is 4.93. The van der Waals surface area contributed by atoms with Crippen LogP contribution in [-0.2, 0) is 0 Å². The number of unbranched alkanes of at least 4 members (excludes halogenated alkanes) is 1. The Labute approximate surface area is 118 Å². The molecule has 0 fully saturated rings. The molecule has 0 atom stereocenters. The fourth-order valence-electron chi connectivity index (χ4n) is 1.75. The van der Waals surface area contributed by atoms with Crippen LogP contribution in [-0.4, -0.2) is 19.4 Å². The Hall–Kier alpha value is -1.54. The Bertz CT molecular complexity index is 500. The molecule has 0 aliphatic carbocycles. The van der Waals surface area contributed by atoms with Crippen molar-refractivity contribution in [3.63, 3.8) is 0 Å². The zero-order chi connectivity index (χ0) is 14.6. The van der Waals surface area contributed by atoms with Crippen molar-refractivity contribution < 1.29 is 4.79 Å². The Morgan fingerprint density at radius 3 is 2.63 bits per heavy atom. The van der Waals surface area contributed by atoms with Crippen molar-refractivity contribution in [3.8, 4) is 6.07 Å². The molecule has 1 heterocycles. The van der Waals surface area contributed by atoms with Crippen LogP contribution in [0.1, 0.15) is 48.8 Å². The number of nitrogen functional groups attached to an aromatic ring is 1. The van der Waals surface area contributed by atoms with Gasteiger partial charge in [-0.2, -0.15) is 5.26 Å². The number of nitriles is 1. The first-order valence-corrected chi connectivity index (χ1v) is 7.33. The van der Waals surface area contributed by atoms with Gasteiger partial charge in [-0.25, -0.2) is 0 Å². The summed E-state index contributed by atoms with van der Waals surface area (Å²) in [6.07, 6.45) is 2.14. The number of carbonyl (C=O) groups is 1. The van der Waals surface area contributed by atoms with E-state index in [1.807, 2.05) is 25.8 Å². The molecule has 1 aromatic rings. The average Bonchev–Trinajstić information content (AvgIpc) is 2.71. The molecule has 19 heavy (non-hydrogen) atoms. The number of hydrogen-bond donors (Lipinski definition) is 1. The summed E-state index contributed by atoms with van der Waals surface area (Å²) in [7, 11) is 1.94. The summed E-state index contributed by atoms with van der Waals surface area (Å²) >= 11 is 1.33. The van der Waals surface area contributed by atoms with Crippen LogP contribution in [0.3, 0.4) is 0 Å². The summed E-state index contributed by atoms with van der Waals surface area (Å²) in [5, 5.41) is 10.0. The van der Waals surface area contributed by atoms with Crippen LogP contribution in [0.15, 0.2) is 0 Å². The fourth-order valence-corrected chi connectivity index (χ4v) is 3.00. The monoisotopic (exact) mass is 279 g/mol. The molecule has 0 spiro atoms. The van der Waals surface area contributed by atoms with Gasteiger partial charge in [-0.3, -0.25) is 4.79 Å². The molecule has 5 heteroatoms. The zero-order valence-corrected chi connectivity index (χ0v) is 12.8. The van der Waals surface area contributed by atoms with E-state index in [0.717, 1.165) is 24.4 Å². The number of Topliss-reactive ketones (excluding diaryl/α,β-unsaturated/α-hetero) is 1. The van der Waals surface area contributed by atoms with Crippen molar-refractivity contribution in [3.05, 3.63) is 10.4 Å². The molecular formula is C14H21N3OS. The van der Waals surface area contributed by atoms with Gasteiger partial charge in [0, 0.05) is 19.5 Å². The molecule has 0 radical (unpaired) electrons. The molecule has 0 saturated heterocycles. The van der Waals surface area contributed by atoms with Crippen molar-refractivity contribution in [1.82, 2.24) is 0 Å². The number of rotatable bonds is 6. The van der Waals surface area contributed by atoms with Crippen molar-refractivity contribution in [2.45, 2.75) is 33.6 Å². The molecule has 104 valence electrons. The minimum atomic E-state index is -0.110.